The van der Waals surface area contributed by atoms with Crippen molar-refractivity contribution in [3.8, 4) is 0 Å². The van der Waals surface area contributed by atoms with Gasteiger partial charge in [0.05, 0.1) is 16.8 Å². The van der Waals surface area contributed by atoms with Crippen molar-refractivity contribution in [3.63, 3.8) is 0 Å². The SMILES string of the molecule is CC.CC1(C)CCCc2cc(CN(Cc3cc(C(F)(F)F)cc(C(F)(F)F)c3)C(=N)N)c(N(CC3CC3)CC3CC3)nc21.CNN. The quantitative estimate of drug-likeness (QED) is 0.0738. The summed E-state index contributed by atoms with van der Waals surface area (Å²) in [7, 11) is 1.65. The number of halogens is 6. The van der Waals surface area contributed by atoms with E-state index in [1.807, 2.05) is 13.8 Å². The molecule has 1 heterocycles. The van der Waals surface area contributed by atoms with E-state index in [4.69, 9.17) is 16.1 Å². The summed E-state index contributed by atoms with van der Waals surface area (Å²) in [6.07, 6.45) is -2.44. The number of fused-ring (bicyclic) bond motifs is 1. The van der Waals surface area contributed by atoms with Gasteiger partial charge in [-0.1, -0.05) is 27.7 Å². The van der Waals surface area contributed by atoms with Gasteiger partial charge < -0.3 is 15.5 Å². The second-order valence-corrected chi connectivity index (χ2v) is 13.0. The molecule has 0 saturated heterocycles. The first-order chi connectivity index (χ1) is 21.5. The molecule has 46 heavy (non-hydrogen) atoms. The molecular formula is C33H49F6N7. The number of pyridine rings is 1. The molecule has 0 unspecified atom stereocenters. The van der Waals surface area contributed by atoms with Crippen molar-refractivity contribution in [3.05, 3.63) is 57.8 Å². The van der Waals surface area contributed by atoms with E-state index in [1.54, 1.807) is 7.05 Å². The number of hydrogen-bond donors (Lipinski definition) is 4. The number of benzene rings is 1. The zero-order valence-electron chi connectivity index (χ0n) is 27.5. The van der Waals surface area contributed by atoms with Gasteiger partial charge in [0.15, 0.2) is 5.96 Å². The molecule has 0 radical (unpaired) electrons. The van der Waals surface area contributed by atoms with Crippen LogP contribution in [-0.4, -0.2) is 36.0 Å². The van der Waals surface area contributed by atoms with Gasteiger partial charge in [0.2, 0.25) is 0 Å². The van der Waals surface area contributed by atoms with Crippen molar-refractivity contribution in [2.24, 2.45) is 23.4 Å². The van der Waals surface area contributed by atoms with E-state index >= 15 is 0 Å². The first kappa shape index (κ1) is 37.4. The molecule has 2 fully saturated rings. The van der Waals surface area contributed by atoms with Crippen LogP contribution in [0.3, 0.4) is 0 Å². The number of anilines is 1. The minimum Gasteiger partial charge on any atom is -0.370 e. The van der Waals surface area contributed by atoms with E-state index < -0.39 is 29.4 Å². The molecule has 2 aromatic rings. The molecule has 0 bridgehead atoms. The number of nitrogens with one attached hydrogen (secondary N) is 2. The first-order valence-electron chi connectivity index (χ1n) is 16.0. The zero-order chi connectivity index (χ0) is 34.4. The molecule has 0 spiro atoms. The second kappa shape index (κ2) is 15.2. The number of rotatable bonds is 9. The van der Waals surface area contributed by atoms with Gasteiger partial charge in [-0.15, -0.1) is 0 Å². The molecule has 6 N–H and O–H groups in total. The van der Waals surface area contributed by atoms with Crippen LogP contribution in [-0.2, 0) is 37.3 Å². The number of guanidine groups is 1. The van der Waals surface area contributed by atoms with Gasteiger partial charge in [0.25, 0.3) is 0 Å². The molecule has 1 aromatic carbocycles. The number of aryl methyl sites for hydroxylation is 1. The lowest BCUT2D eigenvalue weighted by Gasteiger charge is -2.35. The monoisotopic (exact) mass is 657 g/mol. The molecule has 7 nitrogen and oxygen atoms in total. The summed E-state index contributed by atoms with van der Waals surface area (Å²) in [5, 5.41) is 8.20. The Balaban J connectivity index is 0.00000109. The Kier molecular flexibility index (Phi) is 12.4. The van der Waals surface area contributed by atoms with Crippen LogP contribution in [0.2, 0.25) is 0 Å². The van der Waals surface area contributed by atoms with Gasteiger partial charge in [-0.3, -0.25) is 16.7 Å². The molecular weight excluding hydrogens is 608 g/mol. The lowest BCUT2D eigenvalue weighted by Crippen LogP contribution is -2.38. The van der Waals surface area contributed by atoms with E-state index in [-0.39, 0.29) is 30.1 Å². The number of nitrogens with zero attached hydrogens (tertiary/aromatic N) is 3. The molecule has 258 valence electrons. The highest BCUT2D eigenvalue weighted by Gasteiger charge is 2.38. The predicted octanol–water partition coefficient (Wildman–Crippen LogP) is 7.36. The normalized spacial score (nSPS) is 17.1. The van der Waals surface area contributed by atoms with Gasteiger partial charge in [-0.2, -0.15) is 26.3 Å². The van der Waals surface area contributed by atoms with Crippen LogP contribution in [0.4, 0.5) is 32.2 Å². The predicted molar refractivity (Wildman–Crippen MR) is 170 cm³/mol. The third kappa shape index (κ3) is 10.2. The number of nitrogens with two attached hydrogens (primary N) is 2. The molecule has 0 atom stereocenters. The first-order valence-corrected chi connectivity index (χ1v) is 16.0. The highest BCUT2D eigenvalue weighted by Crippen LogP contribution is 2.41. The summed E-state index contributed by atoms with van der Waals surface area (Å²) in [6.45, 7) is 9.75. The van der Waals surface area contributed by atoms with Crippen molar-refractivity contribution in [2.75, 3.05) is 25.0 Å². The molecule has 5 rings (SSSR count). The Morgan fingerprint density at radius 2 is 1.43 bits per heavy atom. The van der Waals surface area contributed by atoms with Gasteiger partial charge in [0.1, 0.15) is 5.82 Å². The molecule has 0 aliphatic heterocycles. The topological polar surface area (TPSA) is 107 Å². The Hall–Kier alpha value is -3.06. The summed E-state index contributed by atoms with van der Waals surface area (Å²) >= 11 is 0. The molecule has 3 aliphatic rings. The maximum absolute atomic E-state index is 13.5. The van der Waals surface area contributed by atoms with Crippen molar-refractivity contribution >= 4 is 11.8 Å². The van der Waals surface area contributed by atoms with E-state index in [9.17, 15) is 26.3 Å². The molecule has 13 heteroatoms. The number of alkyl halides is 6. The standard InChI is InChI=1S/C30H37F6N5.C2H6.CH6N2/c1-28(2)9-3-4-21-12-22(26(39-25(21)28)40(14-18-5-6-18)15-19-7-8-19)17-41(27(37)38)16-20-10-23(29(31,32)33)13-24(11-20)30(34,35)36;1-2;1-3-2/h10-13,18-19H,3-9,14-17H2,1-2H3,(H3,37,38);1-2H3;3H,2H2,1H3. The van der Waals surface area contributed by atoms with Crippen LogP contribution in [0, 0.1) is 17.2 Å². The number of aromatic nitrogens is 1. The van der Waals surface area contributed by atoms with Crippen LogP contribution in [0.15, 0.2) is 24.3 Å². The lowest BCUT2D eigenvalue weighted by atomic mass is 9.75. The largest absolute Gasteiger partial charge is 0.416 e. The average molecular weight is 658 g/mol. The van der Waals surface area contributed by atoms with Crippen LogP contribution >= 0.6 is 0 Å². The fourth-order valence-corrected chi connectivity index (χ4v) is 5.83. The average Bonchev–Trinajstić information content (AvgIpc) is 3.90. The second-order valence-electron chi connectivity index (χ2n) is 13.0. The molecule has 3 aliphatic carbocycles. The van der Waals surface area contributed by atoms with Gasteiger partial charge in [-0.05, 0) is 99.2 Å². The van der Waals surface area contributed by atoms with Gasteiger partial charge in [-0.25, -0.2) is 4.98 Å². The Labute approximate surface area is 268 Å². The van der Waals surface area contributed by atoms with Crippen LogP contribution < -0.4 is 21.9 Å². The summed E-state index contributed by atoms with van der Waals surface area (Å²) in [4.78, 5) is 8.87. The van der Waals surface area contributed by atoms with Crippen LogP contribution in [0.5, 0.6) is 0 Å². The van der Waals surface area contributed by atoms with Gasteiger partial charge in [0, 0.05) is 37.2 Å². The summed E-state index contributed by atoms with van der Waals surface area (Å²) in [5.74, 6) is 6.13. The number of hydrogen-bond acceptors (Lipinski definition) is 5. The van der Waals surface area contributed by atoms with Crippen molar-refractivity contribution in [1.29, 1.82) is 5.41 Å². The fraction of sp³-hybridized carbons (Fsp3) is 0.636. The Morgan fingerprint density at radius 1 is 0.935 bits per heavy atom. The fourth-order valence-electron chi connectivity index (χ4n) is 5.83. The third-order valence-electron chi connectivity index (χ3n) is 8.42. The van der Waals surface area contributed by atoms with Crippen molar-refractivity contribution in [1.82, 2.24) is 15.3 Å². The maximum atomic E-state index is 13.5. The summed E-state index contributed by atoms with van der Waals surface area (Å²) in [5.41, 5.74) is 7.98. The van der Waals surface area contributed by atoms with Gasteiger partial charge >= 0.3 is 12.4 Å². The Morgan fingerprint density at radius 3 is 1.87 bits per heavy atom. The number of hydrazine groups is 1. The zero-order valence-corrected chi connectivity index (χ0v) is 27.5. The van der Waals surface area contributed by atoms with Crippen molar-refractivity contribution < 1.29 is 26.3 Å². The minimum atomic E-state index is -4.95. The minimum absolute atomic E-state index is 0.0504. The summed E-state index contributed by atoms with van der Waals surface area (Å²) in [6, 6.07) is 3.59. The van der Waals surface area contributed by atoms with E-state index in [2.05, 4.69) is 36.1 Å². The molecule has 2 saturated carbocycles. The van der Waals surface area contributed by atoms with Crippen LogP contribution in [0.25, 0.3) is 0 Å². The highest BCUT2D eigenvalue weighted by atomic mass is 19.4. The smallest absolute Gasteiger partial charge is 0.370 e. The lowest BCUT2D eigenvalue weighted by molar-refractivity contribution is -0.143. The van der Waals surface area contributed by atoms with E-state index in [1.165, 1.54) is 4.90 Å². The van der Waals surface area contributed by atoms with E-state index in [0.29, 0.717) is 24.0 Å². The van der Waals surface area contributed by atoms with E-state index in [0.717, 1.165) is 80.7 Å². The maximum Gasteiger partial charge on any atom is 0.416 e. The Bertz CT molecular complexity index is 1270. The van der Waals surface area contributed by atoms with Crippen molar-refractivity contribution in [2.45, 2.75) is 103 Å². The molecule has 1 aromatic heterocycles. The van der Waals surface area contributed by atoms with Crippen LogP contribution in [0.1, 0.15) is 99.7 Å². The highest BCUT2D eigenvalue weighted by molar-refractivity contribution is 5.75. The summed E-state index contributed by atoms with van der Waals surface area (Å²) < 4.78 is 81.0. The molecule has 0 amide bonds. The third-order valence-corrected chi connectivity index (χ3v) is 8.42.